The molecule has 2 aliphatic rings. The number of carbonyl (C=O) groups excluding carboxylic acids is 2. The topological polar surface area (TPSA) is 92.7 Å². The van der Waals surface area contributed by atoms with Gasteiger partial charge in [-0.05, 0) is 50.5 Å². The zero-order chi connectivity index (χ0) is 18.1. The molecule has 6 nitrogen and oxygen atoms in total. The molecule has 1 amide bonds. The van der Waals surface area contributed by atoms with E-state index < -0.39 is 23.8 Å². The van der Waals surface area contributed by atoms with Gasteiger partial charge in [-0.2, -0.15) is 0 Å². The lowest BCUT2D eigenvalue weighted by Crippen LogP contribution is -2.37. The highest BCUT2D eigenvalue weighted by Gasteiger charge is 2.54. The summed E-state index contributed by atoms with van der Waals surface area (Å²) in [5, 5.41) is 12.8. The number of esters is 1. The fourth-order valence-corrected chi connectivity index (χ4v) is 5.28. The number of amides is 1. The molecule has 1 aromatic heterocycles. The summed E-state index contributed by atoms with van der Waals surface area (Å²) in [6.07, 6.45) is 3.35. The first kappa shape index (κ1) is 17.9. The lowest BCUT2D eigenvalue weighted by Gasteiger charge is -2.26. The Morgan fingerprint density at radius 3 is 2.52 bits per heavy atom. The monoisotopic (exact) mass is 365 g/mol. The van der Waals surface area contributed by atoms with Crippen molar-refractivity contribution in [3.63, 3.8) is 0 Å². The Kier molecular flexibility index (Phi) is 5.13. The van der Waals surface area contributed by atoms with Gasteiger partial charge in [0.2, 0.25) is 5.91 Å². The van der Waals surface area contributed by atoms with E-state index in [9.17, 15) is 19.5 Å². The van der Waals surface area contributed by atoms with Gasteiger partial charge in [0.15, 0.2) is 0 Å². The number of ether oxygens (including phenoxy) is 1. The molecule has 0 saturated heterocycles. The first-order chi connectivity index (χ1) is 12.0. The average Bonchev–Trinajstić information content (AvgIpc) is 3.28. The predicted molar refractivity (Wildman–Crippen MR) is 93.7 cm³/mol. The number of carboxylic acid groups (broad SMARTS) is 1. The molecule has 136 valence electrons. The van der Waals surface area contributed by atoms with Gasteiger partial charge in [0, 0.05) is 4.88 Å². The second-order valence-electron chi connectivity index (χ2n) is 6.74. The number of carboxylic acids is 1. The highest BCUT2D eigenvalue weighted by Crippen LogP contribution is 2.52. The van der Waals surface area contributed by atoms with Crippen molar-refractivity contribution in [2.45, 2.75) is 39.5 Å². The maximum atomic E-state index is 12.8. The fraction of sp³-hybridized carbons (Fsp3) is 0.611. The second-order valence-corrected chi connectivity index (χ2v) is 7.88. The number of fused-ring (bicyclic) bond motifs is 2. The standard InChI is InChI=1S/C18H23NO5S/c1-3-11-8-12(18(23)24-4-2)16(25-11)19-15(20)13-9-5-6-10(7-9)14(13)17(21)22/h8-10,13-14H,3-7H2,1-2H3,(H,19,20)(H,21,22)/t9-,10-,13-,14+/m1/s1. The molecule has 0 unspecified atom stereocenters. The van der Waals surface area contributed by atoms with Crippen molar-refractivity contribution in [3.8, 4) is 0 Å². The maximum Gasteiger partial charge on any atom is 0.341 e. The summed E-state index contributed by atoms with van der Waals surface area (Å²) in [5.74, 6) is -2.54. The first-order valence-electron chi connectivity index (χ1n) is 8.79. The number of rotatable bonds is 6. The van der Waals surface area contributed by atoms with Gasteiger partial charge in [0.05, 0.1) is 24.0 Å². The molecule has 2 N–H and O–H groups in total. The summed E-state index contributed by atoms with van der Waals surface area (Å²) in [4.78, 5) is 37.6. The predicted octanol–water partition coefficient (Wildman–Crippen LogP) is 3.17. The summed E-state index contributed by atoms with van der Waals surface area (Å²) in [6, 6.07) is 1.74. The van der Waals surface area contributed by atoms with E-state index in [1.165, 1.54) is 11.3 Å². The van der Waals surface area contributed by atoms with E-state index in [4.69, 9.17) is 4.74 Å². The Morgan fingerprint density at radius 1 is 1.24 bits per heavy atom. The first-order valence-corrected chi connectivity index (χ1v) is 9.61. The Bertz CT molecular complexity index is 698. The number of hydrogen-bond donors (Lipinski definition) is 2. The zero-order valence-corrected chi connectivity index (χ0v) is 15.2. The minimum absolute atomic E-state index is 0.0947. The molecule has 3 rings (SSSR count). The molecule has 1 aromatic rings. The summed E-state index contributed by atoms with van der Waals surface area (Å²) >= 11 is 1.35. The van der Waals surface area contributed by atoms with Gasteiger partial charge in [0.25, 0.3) is 0 Å². The number of nitrogens with one attached hydrogen (secondary N) is 1. The van der Waals surface area contributed by atoms with E-state index in [1.807, 2.05) is 6.92 Å². The molecule has 0 aliphatic heterocycles. The van der Waals surface area contributed by atoms with E-state index in [2.05, 4.69) is 5.32 Å². The number of hydrogen-bond acceptors (Lipinski definition) is 5. The number of aliphatic carboxylic acids is 1. The van der Waals surface area contributed by atoms with Crippen molar-refractivity contribution in [1.82, 2.24) is 0 Å². The van der Waals surface area contributed by atoms with Crippen LogP contribution in [0.1, 0.15) is 48.3 Å². The van der Waals surface area contributed by atoms with E-state index in [0.29, 0.717) is 10.6 Å². The molecule has 2 fully saturated rings. The van der Waals surface area contributed by atoms with Crippen LogP contribution in [0, 0.1) is 23.7 Å². The molecule has 1 heterocycles. The number of carbonyl (C=O) groups is 3. The van der Waals surface area contributed by atoms with Gasteiger partial charge >= 0.3 is 11.9 Å². The van der Waals surface area contributed by atoms with E-state index in [-0.39, 0.29) is 24.3 Å². The third kappa shape index (κ3) is 3.29. The van der Waals surface area contributed by atoms with E-state index >= 15 is 0 Å². The van der Waals surface area contributed by atoms with Crippen LogP contribution in [0.4, 0.5) is 5.00 Å². The molecular weight excluding hydrogens is 342 g/mol. The van der Waals surface area contributed by atoms with Crippen LogP contribution >= 0.6 is 11.3 Å². The average molecular weight is 365 g/mol. The minimum Gasteiger partial charge on any atom is -0.481 e. The molecule has 25 heavy (non-hydrogen) atoms. The molecule has 2 aliphatic carbocycles. The van der Waals surface area contributed by atoms with Crippen LogP contribution in [-0.2, 0) is 20.7 Å². The molecule has 4 atom stereocenters. The van der Waals surface area contributed by atoms with Crippen LogP contribution in [0.2, 0.25) is 0 Å². The number of anilines is 1. The Balaban J connectivity index is 1.82. The van der Waals surface area contributed by atoms with Crippen molar-refractivity contribution in [2.24, 2.45) is 23.7 Å². The summed E-state index contributed by atoms with van der Waals surface area (Å²) in [6.45, 7) is 3.97. The van der Waals surface area contributed by atoms with Crippen LogP contribution in [0.3, 0.4) is 0 Å². The third-order valence-electron chi connectivity index (χ3n) is 5.37. The summed E-state index contributed by atoms with van der Waals surface area (Å²) in [5.41, 5.74) is 0.354. The molecule has 7 heteroatoms. The molecule has 0 spiro atoms. The van der Waals surface area contributed by atoms with Gasteiger partial charge in [-0.1, -0.05) is 6.92 Å². The molecular formula is C18H23NO5S. The van der Waals surface area contributed by atoms with Crippen LogP contribution in [0.15, 0.2) is 6.07 Å². The Labute approximate surface area is 150 Å². The molecule has 2 bridgehead atoms. The number of thiophene rings is 1. The lowest BCUT2D eigenvalue weighted by atomic mass is 9.79. The smallest absolute Gasteiger partial charge is 0.341 e. The van der Waals surface area contributed by atoms with Crippen molar-refractivity contribution in [1.29, 1.82) is 0 Å². The molecule has 0 radical (unpaired) electrons. The van der Waals surface area contributed by atoms with Gasteiger partial charge in [0.1, 0.15) is 5.00 Å². The third-order valence-corrected chi connectivity index (χ3v) is 6.56. The minimum atomic E-state index is -0.890. The van der Waals surface area contributed by atoms with Gasteiger partial charge in [-0.25, -0.2) is 4.79 Å². The second kappa shape index (κ2) is 7.15. The van der Waals surface area contributed by atoms with Gasteiger partial charge in [-0.3, -0.25) is 9.59 Å². The summed E-state index contributed by atoms with van der Waals surface area (Å²) in [7, 11) is 0. The van der Waals surface area contributed by atoms with Crippen LogP contribution in [0.5, 0.6) is 0 Å². The summed E-state index contributed by atoms with van der Waals surface area (Å²) < 4.78 is 5.06. The van der Waals surface area contributed by atoms with Gasteiger partial charge < -0.3 is 15.2 Å². The fourth-order valence-electron chi connectivity index (χ4n) is 4.29. The maximum absolute atomic E-state index is 12.8. The Hall–Kier alpha value is -1.89. The number of aryl methyl sites for hydroxylation is 1. The van der Waals surface area contributed by atoms with Crippen LogP contribution < -0.4 is 5.32 Å². The van der Waals surface area contributed by atoms with Gasteiger partial charge in [-0.15, -0.1) is 11.3 Å². The lowest BCUT2D eigenvalue weighted by molar-refractivity contribution is -0.148. The SMILES string of the molecule is CCOC(=O)c1cc(CC)sc1NC(=O)[C@@H]1[C@@H]2CC[C@H](C2)[C@@H]1C(=O)O. The Morgan fingerprint density at radius 2 is 1.92 bits per heavy atom. The van der Waals surface area contributed by atoms with E-state index in [1.54, 1.807) is 13.0 Å². The van der Waals surface area contributed by atoms with Crippen molar-refractivity contribution < 1.29 is 24.2 Å². The van der Waals surface area contributed by atoms with Crippen molar-refractivity contribution in [3.05, 3.63) is 16.5 Å². The van der Waals surface area contributed by atoms with E-state index in [0.717, 1.165) is 30.6 Å². The van der Waals surface area contributed by atoms with Crippen LogP contribution in [-0.4, -0.2) is 29.6 Å². The van der Waals surface area contributed by atoms with Crippen molar-refractivity contribution >= 4 is 34.2 Å². The normalized spacial score (nSPS) is 27.3. The largest absolute Gasteiger partial charge is 0.481 e. The molecule has 2 saturated carbocycles. The van der Waals surface area contributed by atoms with Crippen LogP contribution in [0.25, 0.3) is 0 Å². The highest BCUT2D eigenvalue weighted by atomic mass is 32.1. The molecule has 0 aromatic carbocycles. The highest BCUT2D eigenvalue weighted by molar-refractivity contribution is 7.16. The quantitative estimate of drug-likeness (QED) is 0.755. The van der Waals surface area contributed by atoms with Crippen molar-refractivity contribution in [2.75, 3.05) is 11.9 Å². The zero-order valence-electron chi connectivity index (χ0n) is 14.4.